The summed E-state index contributed by atoms with van der Waals surface area (Å²) in [6.07, 6.45) is 3.49. The van der Waals surface area contributed by atoms with Gasteiger partial charge in [0.25, 0.3) is 5.91 Å². The number of hydrogen-bond donors (Lipinski definition) is 0. The number of amides is 1. The van der Waals surface area contributed by atoms with E-state index in [9.17, 15) is 22.4 Å². The van der Waals surface area contributed by atoms with Crippen LogP contribution in [0.15, 0.2) is 31.4 Å². The molecule has 2 aliphatic heterocycles. The molecule has 0 atom stereocenters. The highest BCUT2D eigenvalue weighted by Gasteiger charge is 2.41. The number of hydrogen-bond acceptors (Lipinski definition) is 5. The molecule has 5 heterocycles. The van der Waals surface area contributed by atoms with E-state index in [-0.39, 0.29) is 56.2 Å². The summed E-state index contributed by atoms with van der Waals surface area (Å²) in [6.45, 7) is 4.71. The second kappa shape index (κ2) is 10.0. The molecule has 1 amide bonds. The van der Waals surface area contributed by atoms with Crippen molar-refractivity contribution < 1.29 is 31.8 Å². The zero-order valence-electron chi connectivity index (χ0n) is 19.7. The molecule has 0 N–H and O–H groups in total. The molecular weight excluding hydrogens is 499 g/mol. The lowest BCUT2D eigenvalue weighted by molar-refractivity contribution is -0.141. The van der Waals surface area contributed by atoms with Gasteiger partial charge in [-0.2, -0.15) is 18.3 Å². The van der Waals surface area contributed by atoms with Crippen LogP contribution in [0.4, 0.5) is 22.3 Å². The number of halogens is 5. The summed E-state index contributed by atoms with van der Waals surface area (Å²) in [6, 6.07) is 1.34. The second-order valence-corrected chi connectivity index (χ2v) is 9.15. The molecule has 0 saturated carbocycles. The van der Waals surface area contributed by atoms with Crippen LogP contribution in [0.5, 0.6) is 0 Å². The average molecular weight is 524 g/mol. The second-order valence-electron chi connectivity index (χ2n) is 9.15. The lowest BCUT2D eigenvalue weighted by atomic mass is 9.80. The normalized spacial score (nSPS) is 17.6. The Morgan fingerprint density at radius 3 is 2.62 bits per heavy atom. The van der Waals surface area contributed by atoms with Crippen LogP contribution in [-0.2, 0) is 11.3 Å². The standard InChI is InChI=1S/C24H24F4N6O2.FH/c1-2-20-30-13-19(33(20)8-6-25)21-16-12-29-17(11-18(16)34(31-21)15-24(26,27)28)22(35)32-7-3-23(14-32)4-9-36-10-5-23;/h2,6,8,11-13H,1,3-5,7,9-10,14-15H2;1H/b8-6+;. The molecule has 2 saturated heterocycles. The van der Waals surface area contributed by atoms with Crippen LogP contribution >= 0.6 is 0 Å². The fraction of sp³-hybridized carbons (Fsp3) is 0.417. The molecule has 3 aromatic heterocycles. The molecule has 0 radical (unpaired) electrons. The van der Waals surface area contributed by atoms with Crippen LogP contribution in [0, 0.1) is 5.41 Å². The van der Waals surface area contributed by atoms with Gasteiger partial charge in [0.2, 0.25) is 0 Å². The van der Waals surface area contributed by atoms with Crippen LogP contribution in [0.3, 0.4) is 0 Å². The molecule has 3 aromatic rings. The molecule has 0 bridgehead atoms. The molecule has 0 unspecified atom stereocenters. The summed E-state index contributed by atoms with van der Waals surface area (Å²) in [7, 11) is 0. The third-order valence-corrected chi connectivity index (χ3v) is 6.92. The molecule has 13 heteroatoms. The molecule has 8 nitrogen and oxygen atoms in total. The highest BCUT2D eigenvalue weighted by atomic mass is 19.4. The number of carbonyl (C=O) groups is 1. The minimum absolute atomic E-state index is 0. The van der Waals surface area contributed by atoms with Crippen LogP contribution < -0.4 is 0 Å². The van der Waals surface area contributed by atoms with Gasteiger partial charge in [-0.15, -0.1) is 0 Å². The van der Waals surface area contributed by atoms with Crippen molar-refractivity contribution in [3.63, 3.8) is 0 Å². The number of fused-ring (bicyclic) bond motifs is 1. The third kappa shape index (κ3) is 4.99. The monoisotopic (exact) mass is 524 g/mol. The van der Waals surface area contributed by atoms with Gasteiger partial charge in [0.05, 0.1) is 17.4 Å². The largest absolute Gasteiger partial charge is 0.408 e. The zero-order valence-corrected chi connectivity index (χ0v) is 19.7. The summed E-state index contributed by atoms with van der Waals surface area (Å²) in [5.74, 6) is -0.0471. The maximum absolute atomic E-state index is 13.4. The fourth-order valence-corrected chi connectivity index (χ4v) is 5.06. The highest BCUT2D eigenvalue weighted by molar-refractivity contribution is 5.99. The minimum Gasteiger partial charge on any atom is -0.381 e. The smallest absolute Gasteiger partial charge is 0.381 e. The fourth-order valence-electron chi connectivity index (χ4n) is 5.06. The maximum atomic E-state index is 13.4. The van der Waals surface area contributed by atoms with Gasteiger partial charge in [-0.25, -0.2) is 9.37 Å². The van der Waals surface area contributed by atoms with Crippen molar-refractivity contribution >= 4 is 29.1 Å². The van der Waals surface area contributed by atoms with Crippen LogP contribution in [-0.4, -0.2) is 67.6 Å². The summed E-state index contributed by atoms with van der Waals surface area (Å²) in [4.78, 5) is 23.4. The zero-order chi connectivity index (χ0) is 25.5. The molecule has 1 spiro atoms. The lowest BCUT2D eigenvalue weighted by Gasteiger charge is -2.33. The summed E-state index contributed by atoms with van der Waals surface area (Å²) >= 11 is 0. The van der Waals surface area contributed by atoms with E-state index in [2.05, 4.69) is 21.6 Å². The number of alkyl halides is 3. The Hall–Kier alpha value is -3.61. The van der Waals surface area contributed by atoms with Gasteiger partial charge < -0.3 is 9.64 Å². The average Bonchev–Trinajstić information content (AvgIpc) is 3.54. The van der Waals surface area contributed by atoms with Gasteiger partial charge in [0, 0.05) is 44.1 Å². The van der Waals surface area contributed by atoms with E-state index in [4.69, 9.17) is 4.74 Å². The van der Waals surface area contributed by atoms with Crippen LogP contribution in [0.1, 0.15) is 35.6 Å². The molecule has 0 aromatic carbocycles. The number of rotatable bonds is 5. The van der Waals surface area contributed by atoms with E-state index in [0.29, 0.717) is 26.3 Å². The number of pyridine rings is 1. The highest BCUT2D eigenvalue weighted by Crippen LogP contribution is 2.40. The van der Waals surface area contributed by atoms with E-state index in [1.807, 2.05) is 0 Å². The quantitative estimate of drug-likeness (QED) is 0.453. The first-order valence-corrected chi connectivity index (χ1v) is 11.5. The predicted octanol–water partition coefficient (Wildman–Crippen LogP) is 4.69. The summed E-state index contributed by atoms with van der Waals surface area (Å²) in [5, 5.41) is 4.45. The van der Waals surface area contributed by atoms with Crippen molar-refractivity contribution in [3.05, 3.63) is 42.9 Å². The molecule has 0 aliphatic carbocycles. The van der Waals surface area contributed by atoms with Gasteiger partial charge in [-0.05, 0) is 36.8 Å². The Morgan fingerprint density at radius 2 is 1.95 bits per heavy atom. The van der Waals surface area contributed by atoms with E-state index in [0.717, 1.165) is 30.1 Å². The lowest BCUT2D eigenvalue weighted by Crippen LogP contribution is -2.35. The van der Waals surface area contributed by atoms with E-state index < -0.39 is 12.7 Å². The summed E-state index contributed by atoms with van der Waals surface area (Å²) < 4.78 is 60.8. The molecular formula is C24H25F5N6O2. The van der Waals surface area contributed by atoms with Crippen molar-refractivity contribution in [1.29, 1.82) is 0 Å². The maximum Gasteiger partial charge on any atom is 0.408 e. The molecule has 37 heavy (non-hydrogen) atoms. The van der Waals surface area contributed by atoms with Crippen LogP contribution in [0.25, 0.3) is 34.6 Å². The number of aromatic nitrogens is 5. The Labute approximate surface area is 208 Å². The Bertz CT molecular complexity index is 1340. The molecule has 2 fully saturated rings. The van der Waals surface area contributed by atoms with Crippen molar-refractivity contribution in [2.75, 3.05) is 26.3 Å². The Kier molecular flexibility index (Phi) is 7.18. The summed E-state index contributed by atoms with van der Waals surface area (Å²) in [5.41, 5.74) is 0.547. The minimum atomic E-state index is -4.56. The number of carbonyl (C=O) groups excluding carboxylic acids is 1. The van der Waals surface area contributed by atoms with E-state index in [1.165, 1.54) is 29.1 Å². The number of ether oxygens (including phenoxy) is 1. The third-order valence-electron chi connectivity index (χ3n) is 6.92. The van der Waals surface area contributed by atoms with E-state index >= 15 is 0 Å². The number of nitrogens with zero attached hydrogens (tertiary/aromatic N) is 6. The Balaban J connectivity index is 0.00000320. The van der Waals surface area contributed by atoms with Gasteiger partial charge in [-0.3, -0.25) is 23.7 Å². The van der Waals surface area contributed by atoms with Crippen molar-refractivity contribution in [3.8, 4) is 11.4 Å². The van der Waals surface area contributed by atoms with Gasteiger partial charge >= 0.3 is 6.18 Å². The first-order chi connectivity index (χ1) is 17.2. The molecule has 2 aliphatic rings. The Morgan fingerprint density at radius 1 is 1.19 bits per heavy atom. The van der Waals surface area contributed by atoms with Crippen LogP contribution in [0.2, 0.25) is 0 Å². The topological polar surface area (TPSA) is 78.1 Å². The van der Waals surface area contributed by atoms with Crippen molar-refractivity contribution in [2.45, 2.75) is 32.0 Å². The molecule has 198 valence electrons. The first-order valence-electron chi connectivity index (χ1n) is 11.5. The number of imidazole rings is 1. The van der Waals surface area contributed by atoms with Gasteiger partial charge in [-0.1, -0.05) is 6.58 Å². The van der Waals surface area contributed by atoms with Gasteiger partial charge in [0.15, 0.2) is 0 Å². The number of likely N-dealkylation sites (tertiary alicyclic amines) is 1. The van der Waals surface area contributed by atoms with E-state index in [1.54, 1.807) is 4.90 Å². The van der Waals surface area contributed by atoms with Crippen molar-refractivity contribution in [2.24, 2.45) is 5.41 Å². The van der Waals surface area contributed by atoms with Gasteiger partial charge in [0.1, 0.15) is 30.1 Å². The van der Waals surface area contributed by atoms with Crippen molar-refractivity contribution in [1.82, 2.24) is 29.2 Å². The predicted molar refractivity (Wildman–Crippen MR) is 127 cm³/mol. The first kappa shape index (κ1) is 26.5. The SMILES string of the molecule is C=Cc1ncc(-c2nn(CC(F)(F)F)c3cc(C(=O)N4CCC5(CCOCC5)C4)ncc23)n1/C=C/F.F. The molecule has 5 rings (SSSR count).